The number of hydrogen-bond donors (Lipinski definition) is 2. The first-order chi connectivity index (χ1) is 9.07. The number of imidazole rings is 1. The number of aromatic nitrogens is 2. The van der Waals surface area contributed by atoms with Crippen molar-refractivity contribution in [3.05, 3.63) is 53.6 Å². The molecule has 0 aliphatic carbocycles. The number of nitrogens with zero attached hydrogens (tertiary/aromatic N) is 1. The monoisotopic (exact) mass is 341 g/mol. The molecule has 118 valence electrons. The average molecular weight is 342 g/mol. The molecule has 0 saturated carbocycles. The number of rotatable bonds is 5. The Labute approximate surface area is 133 Å². The first-order valence-corrected chi connectivity index (χ1v) is 5.90. The van der Waals surface area contributed by atoms with Crippen molar-refractivity contribution in [3.8, 4) is 0 Å². The van der Waals surface area contributed by atoms with E-state index in [0.717, 1.165) is 11.8 Å². The zero-order chi connectivity index (χ0) is 13.7. The van der Waals surface area contributed by atoms with Crippen molar-refractivity contribution in [1.29, 1.82) is 0 Å². The maximum atomic E-state index is 12.7. The average Bonchev–Trinajstić information content (AvgIpc) is 2.87. The van der Waals surface area contributed by atoms with E-state index in [1.54, 1.807) is 18.6 Å². The molecule has 2 N–H and O–H groups in total. The molecular weight excluding hydrogens is 326 g/mol. The zero-order valence-electron chi connectivity index (χ0n) is 11.0. The summed E-state index contributed by atoms with van der Waals surface area (Å²) >= 11 is 0. The largest absolute Gasteiger partial charge is 0.416 e. The summed E-state index contributed by atoms with van der Waals surface area (Å²) in [5, 5.41) is 3.00. The predicted molar refractivity (Wildman–Crippen MR) is 79.9 cm³/mol. The van der Waals surface area contributed by atoms with Gasteiger partial charge in [0, 0.05) is 31.4 Å². The molecule has 0 aliphatic rings. The van der Waals surface area contributed by atoms with Gasteiger partial charge >= 0.3 is 6.18 Å². The highest BCUT2D eigenvalue weighted by atomic mass is 35.5. The van der Waals surface area contributed by atoms with Crippen LogP contribution in [0.3, 0.4) is 0 Å². The number of benzene rings is 1. The highest BCUT2D eigenvalue weighted by molar-refractivity contribution is 5.85. The SMILES string of the molecule is Cl.Cl.FC(F)(F)c1ccccc1CNCCc1cnc[nH]1. The molecule has 0 aliphatic heterocycles. The molecule has 1 aromatic carbocycles. The van der Waals surface area contributed by atoms with Crippen LogP contribution in [0.15, 0.2) is 36.8 Å². The fraction of sp³-hybridized carbons (Fsp3) is 0.308. The van der Waals surface area contributed by atoms with Crippen molar-refractivity contribution in [2.75, 3.05) is 6.54 Å². The van der Waals surface area contributed by atoms with Crippen LogP contribution in [0.4, 0.5) is 13.2 Å². The first kappa shape index (κ1) is 19.8. The van der Waals surface area contributed by atoms with Crippen molar-refractivity contribution in [2.45, 2.75) is 19.1 Å². The standard InChI is InChI=1S/C13H14F3N3.2ClH/c14-13(15,16)12-4-2-1-3-10(12)7-17-6-5-11-8-18-9-19-11;;/h1-4,8-9,17H,5-7H2,(H,18,19);2*1H. The van der Waals surface area contributed by atoms with Crippen molar-refractivity contribution in [2.24, 2.45) is 0 Å². The number of halogens is 5. The van der Waals surface area contributed by atoms with E-state index < -0.39 is 11.7 Å². The van der Waals surface area contributed by atoms with Gasteiger partial charge in [0.25, 0.3) is 0 Å². The van der Waals surface area contributed by atoms with Gasteiger partial charge in [0.2, 0.25) is 0 Å². The molecule has 0 fully saturated rings. The normalized spacial score (nSPS) is 10.6. The molecule has 1 heterocycles. The summed E-state index contributed by atoms with van der Waals surface area (Å²) in [6, 6.07) is 5.61. The molecule has 2 rings (SSSR count). The van der Waals surface area contributed by atoms with Gasteiger partial charge in [-0.05, 0) is 11.6 Å². The maximum Gasteiger partial charge on any atom is 0.416 e. The Morgan fingerprint density at radius 2 is 1.86 bits per heavy atom. The fourth-order valence-electron chi connectivity index (χ4n) is 1.82. The number of nitrogens with one attached hydrogen (secondary N) is 2. The van der Waals surface area contributed by atoms with Crippen LogP contribution in [0.1, 0.15) is 16.8 Å². The van der Waals surface area contributed by atoms with Crippen molar-refractivity contribution < 1.29 is 13.2 Å². The minimum absolute atomic E-state index is 0. The van der Waals surface area contributed by atoms with Gasteiger partial charge in [-0.1, -0.05) is 18.2 Å². The highest BCUT2D eigenvalue weighted by Gasteiger charge is 2.32. The van der Waals surface area contributed by atoms with Crippen LogP contribution in [0.5, 0.6) is 0 Å². The Kier molecular flexibility index (Phi) is 8.39. The molecule has 3 nitrogen and oxygen atoms in total. The molecule has 0 bridgehead atoms. The van der Waals surface area contributed by atoms with E-state index in [1.807, 2.05) is 0 Å². The van der Waals surface area contributed by atoms with Gasteiger partial charge in [-0.2, -0.15) is 13.2 Å². The zero-order valence-corrected chi connectivity index (χ0v) is 12.6. The van der Waals surface area contributed by atoms with Gasteiger partial charge in [0.1, 0.15) is 0 Å². The minimum atomic E-state index is -4.30. The van der Waals surface area contributed by atoms with E-state index >= 15 is 0 Å². The Morgan fingerprint density at radius 3 is 2.48 bits per heavy atom. The third-order valence-electron chi connectivity index (χ3n) is 2.76. The number of hydrogen-bond acceptors (Lipinski definition) is 2. The maximum absolute atomic E-state index is 12.7. The third-order valence-corrected chi connectivity index (χ3v) is 2.76. The second kappa shape index (κ2) is 8.92. The lowest BCUT2D eigenvalue weighted by atomic mass is 10.1. The molecule has 0 radical (unpaired) electrons. The highest BCUT2D eigenvalue weighted by Crippen LogP contribution is 2.31. The summed E-state index contributed by atoms with van der Waals surface area (Å²) in [5.74, 6) is 0. The fourth-order valence-corrected chi connectivity index (χ4v) is 1.82. The van der Waals surface area contributed by atoms with Gasteiger partial charge in [-0.15, -0.1) is 24.8 Å². The molecule has 1 aromatic heterocycles. The Bertz CT molecular complexity index is 516. The summed E-state index contributed by atoms with van der Waals surface area (Å²) in [5.41, 5.74) is 0.639. The van der Waals surface area contributed by atoms with E-state index in [1.165, 1.54) is 12.1 Å². The smallest absolute Gasteiger partial charge is 0.348 e. The van der Waals surface area contributed by atoms with Crippen LogP contribution in [0.25, 0.3) is 0 Å². The molecule has 0 spiro atoms. The van der Waals surface area contributed by atoms with Crippen molar-refractivity contribution >= 4 is 24.8 Å². The van der Waals surface area contributed by atoms with E-state index in [9.17, 15) is 13.2 Å². The van der Waals surface area contributed by atoms with Crippen LogP contribution >= 0.6 is 24.8 Å². The lowest BCUT2D eigenvalue weighted by Crippen LogP contribution is -2.19. The van der Waals surface area contributed by atoms with Gasteiger partial charge < -0.3 is 10.3 Å². The van der Waals surface area contributed by atoms with Crippen LogP contribution in [-0.2, 0) is 19.1 Å². The molecule has 0 unspecified atom stereocenters. The lowest BCUT2D eigenvalue weighted by Gasteiger charge is -2.13. The Hall–Kier alpha value is -1.24. The molecular formula is C13H16Cl2F3N3. The molecule has 21 heavy (non-hydrogen) atoms. The number of alkyl halides is 3. The number of H-pyrrole nitrogens is 1. The van der Waals surface area contributed by atoms with Gasteiger partial charge in [0.05, 0.1) is 11.9 Å². The third kappa shape index (κ3) is 5.95. The second-order valence-corrected chi connectivity index (χ2v) is 4.16. The van der Waals surface area contributed by atoms with Crippen LogP contribution in [-0.4, -0.2) is 16.5 Å². The lowest BCUT2D eigenvalue weighted by molar-refractivity contribution is -0.138. The quantitative estimate of drug-likeness (QED) is 0.815. The van der Waals surface area contributed by atoms with E-state index in [2.05, 4.69) is 15.3 Å². The topological polar surface area (TPSA) is 40.7 Å². The van der Waals surface area contributed by atoms with E-state index in [4.69, 9.17) is 0 Å². The summed E-state index contributed by atoms with van der Waals surface area (Å²) in [6.07, 6.45) is -0.324. The molecule has 0 saturated heterocycles. The van der Waals surface area contributed by atoms with Crippen molar-refractivity contribution in [3.63, 3.8) is 0 Å². The number of aromatic amines is 1. The Morgan fingerprint density at radius 1 is 1.14 bits per heavy atom. The van der Waals surface area contributed by atoms with Gasteiger partial charge in [-0.25, -0.2) is 4.98 Å². The van der Waals surface area contributed by atoms with Gasteiger partial charge in [-0.3, -0.25) is 0 Å². The first-order valence-electron chi connectivity index (χ1n) is 5.90. The summed E-state index contributed by atoms with van der Waals surface area (Å²) in [7, 11) is 0. The van der Waals surface area contributed by atoms with Crippen LogP contribution in [0.2, 0.25) is 0 Å². The van der Waals surface area contributed by atoms with E-state index in [-0.39, 0.29) is 36.9 Å². The summed E-state index contributed by atoms with van der Waals surface area (Å²) in [6.45, 7) is 0.790. The summed E-state index contributed by atoms with van der Waals surface area (Å²) < 4.78 is 38.2. The van der Waals surface area contributed by atoms with Crippen LogP contribution < -0.4 is 5.32 Å². The van der Waals surface area contributed by atoms with Crippen LogP contribution in [0, 0.1) is 0 Å². The predicted octanol–water partition coefficient (Wildman–Crippen LogP) is 3.60. The van der Waals surface area contributed by atoms with Gasteiger partial charge in [0.15, 0.2) is 0 Å². The Balaban J connectivity index is 0.00000200. The second-order valence-electron chi connectivity index (χ2n) is 4.16. The molecule has 0 amide bonds. The van der Waals surface area contributed by atoms with E-state index in [0.29, 0.717) is 13.0 Å². The summed E-state index contributed by atoms with van der Waals surface area (Å²) in [4.78, 5) is 6.81. The van der Waals surface area contributed by atoms with Crippen molar-refractivity contribution in [1.82, 2.24) is 15.3 Å². The molecule has 8 heteroatoms. The molecule has 2 aromatic rings. The molecule has 0 atom stereocenters. The minimum Gasteiger partial charge on any atom is -0.348 e.